The molecule has 1 fully saturated rings. The van der Waals surface area contributed by atoms with E-state index < -0.39 is 0 Å². The van der Waals surface area contributed by atoms with Gasteiger partial charge in [-0.25, -0.2) is 3.11 Å². The third kappa shape index (κ3) is 2.87. The number of nitrogens with zero attached hydrogens (tertiary/aromatic N) is 1. The first-order valence-electron chi connectivity index (χ1n) is 4.58. The van der Waals surface area contributed by atoms with E-state index >= 15 is 0 Å². The van der Waals surface area contributed by atoms with Crippen LogP contribution in [0.1, 0.15) is 26.7 Å². The molecule has 0 aromatic heterocycles. The number of hydrogen-bond acceptors (Lipinski definition) is 3. The first-order chi connectivity index (χ1) is 6.37. The highest BCUT2D eigenvalue weighted by atomic mass is 127. The molecule has 2 amide bonds. The fraction of sp³-hybridized carbons (Fsp3) is 0.750. The fourth-order valence-electron chi connectivity index (χ4n) is 1.14. The van der Waals surface area contributed by atoms with Crippen LogP contribution in [0.4, 0.5) is 0 Å². The Morgan fingerprint density at radius 3 is 2.64 bits per heavy atom. The minimum atomic E-state index is -0.137. The maximum Gasteiger partial charge on any atom is 0.251 e. The lowest BCUT2D eigenvalue weighted by atomic mass is 10.3. The lowest BCUT2D eigenvalue weighted by molar-refractivity contribution is -0.130. The SMILES string of the molecule is CC[C](C)([AlH2])SC1CC(=O)N(I)C1=O. The molecule has 3 nitrogen and oxygen atoms in total. The molecule has 0 spiro atoms. The fourth-order valence-corrected chi connectivity index (χ4v) is 4.08. The Morgan fingerprint density at radius 1 is 1.71 bits per heavy atom. The van der Waals surface area contributed by atoms with Gasteiger partial charge < -0.3 is 0 Å². The van der Waals surface area contributed by atoms with E-state index in [1.165, 1.54) is 3.11 Å². The molecule has 0 aliphatic carbocycles. The van der Waals surface area contributed by atoms with Gasteiger partial charge in [0, 0.05) is 6.42 Å². The van der Waals surface area contributed by atoms with Crippen LogP contribution >= 0.6 is 34.6 Å². The van der Waals surface area contributed by atoms with Crippen molar-refractivity contribution < 1.29 is 9.59 Å². The molecule has 1 saturated heterocycles. The van der Waals surface area contributed by atoms with Crippen molar-refractivity contribution in [2.75, 3.05) is 0 Å². The second kappa shape index (κ2) is 4.73. The van der Waals surface area contributed by atoms with Crippen LogP contribution in [-0.2, 0) is 9.59 Å². The summed E-state index contributed by atoms with van der Waals surface area (Å²) >= 11 is 4.51. The van der Waals surface area contributed by atoms with Crippen molar-refractivity contribution in [2.45, 2.75) is 35.5 Å². The molecule has 0 N–H and O–H groups in total. The minimum absolute atomic E-state index is 0.0314. The molecule has 1 heterocycles. The van der Waals surface area contributed by atoms with Crippen molar-refractivity contribution in [3.63, 3.8) is 0 Å². The van der Waals surface area contributed by atoms with Gasteiger partial charge in [0.15, 0.2) is 0 Å². The molecule has 2 unspecified atom stereocenters. The topological polar surface area (TPSA) is 37.4 Å². The molecule has 0 saturated carbocycles. The summed E-state index contributed by atoms with van der Waals surface area (Å²) < 4.78 is 1.44. The third-order valence-electron chi connectivity index (χ3n) is 2.36. The zero-order valence-corrected chi connectivity index (χ0v) is 13.5. The normalized spacial score (nSPS) is 26.8. The molecular formula is C8H13AlINO2S. The predicted octanol–water partition coefficient (Wildman–Crippen LogP) is 0.956. The minimum Gasteiger partial charge on any atom is -0.274 e. The largest absolute Gasteiger partial charge is 0.274 e. The first kappa shape index (κ1) is 12.8. The summed E-state index contributed by atoms with van der Waals surface area (Å²) in [6, 6.07) is 0. The first-order valence-corrected chi connectivity index (χ1v) is 7.42. The van der Waals surface area contributed by atoms with E-state index in [2.05, 4.69) is 13.8 Å². The average Bonchev–Trinajstić information content (AvgIpc) is 2.33. The number of carbonyl (C=O) groups excluding carboxylic acids is 2. The summed E-state index contributed by atoms with van der Waals surface area (Å²) in [5, 5.41) is -0.137. The smallest absolute Gasteiger partial charge is 0.251 e. The molecule has 14 heavy (non-hydrogen) atoms. The zero-order chi connectivity index (χ0) is 10.9. The molecular weight excluding hydrogens is 328 g/mol. The van der Waals surface area contributed by atoms with Crippen molar-refractivity contribution in [1.29, 1.82) is 0 Å². The molecule has 0 radical (unpaired) electrons. The Bertz CT molecular complexity index is 272. The third-order valence-corrected chi connectivity index (χ3v) is 6.37. The van der Waals surface area contributed by atoms with E-state index in [1.807, 2.05) is 0 Å². The van der Waals surface area contributed by atoms with E-state index in [9.17, 15) is 9.59 Å². The van der Waals surface area contributed by atoms with Gasteiger partial charge in [-0.2, -0.15) is 11.8 Å². The predicted molar refractivity (Wildman–Crippen MR) is 69.1 cm³/mol. The summed E-state index contributed by atoms with van der Waals surface area (Å²) in [5.74, 6) is -0.0854. The molecule has 2 atom stereocenters. The molecule has 1 aliphatic rings. The molecule has 1 rings (SSSR count). The molecule has 0 aromatic carbocycles. The van der Waals surface area contributed by atoms with Crippen LogP contribution in [0.25, 0.3) is 0 Å². The van der Waals surface area contributed by atoms with E-state index in [-0.39, 0.29) is 20.7 Å². The van der Waals surface area contributed by atoms with Crippen LogP contribution in [0.2, 0.25) is 0 Å². The Hall–Kier alpha value is 0.752. The molecule has 0 bridgehead atoms. The quantitative estimate of drug-likeness (QED) is 0.332. The zero-order valence-electron chi connectivity index (χ0n) is 8.54. The molecule has 78 valence electrons. The van der Waals surface area contributed by atoms with Crippen molar-refractivity contribution >= 4 is 62.7 Å². The Labute approximate surface area is 110 Å². The lowest BCUT2D eigenvalue weighted by Crippen LogP contribution is -2.27. The summed E-state index contributed by atoms with van der Waals surface area (Å²) in [6.07, 6.45) is 1.44. The van der Waals surface area contributed by atoms with E-state index in [0.29, 0.717) is 6.42 Å². The average molecular weight is 341 g/mol. The van der Waals surface area contributed by atoms with Gasteiger partial charge in [0.2, 0.25) is 22.2 Å². The van der Waals surface area contributed by atoms with Crippen molar-refractivity contribution in [3.05, 3.63) is 0 Å². The van der Waals surface area contributed by atoms with Crippen LogP contribution in [0.3, 0.4) is 0 Å². The Kier molecular flexibility index (Phi) is 4.33. The van der Waals surface area contributed by atoms with Crippen molar-refractivity contribution in [3.8, 4) is 0 Å². The van der Waals surface area contributed by atoms with Crippen LogP contribution in [0, 0.1) is 0 Å². The van der Waals surface area contributed by atoms with Gasteiger partial charge in [-0.05, 0) is 3.61 Å². The number of halogens is 1. The molecule has 6 heteroatoms. The van der Waals surface area contributed by atoms with Gasteiger partial charge in [0.25, 0.3) is 5.91 Å². The molecule has 1 aliphatic heterocycles. The summed E-state index contributed by atoms with van der Waals surface area (Å²) in [4.78, 5) is 22.9. The van der Waals surface area contributed by atoms with Crippen LogP contribution in [0.15, 0.2) is 0 Å². The van der Waals surface area contributed by atoms with Gasteiger partial charge in [-0.3, -0.25) is 9.59 Å². The summed E-state index contributed by atoms with van der Waals surface area (Å²) in [7, 11) is 0. The number of carbonyl (C=O) groups is 2. The second-order valence-corrected chi connectivity index (χ2v) is 9.74. The number of rotatable bonds is 3. The standard InChI is InChI=1S/C8H11INO2S.Al.2H/c1-3-5(2)13-6-4-7(11)10(9)8(6)12;;;/h6H,3-4H2,1-2H3;;;. The summed E-state index contributed by atoms with van der Waals surface area (Å²) in [6.45, 7) is 4.29. The van der Waals surface area contributed by atoms with E-state index in [4.69, 9.17) is 0 Å². The number of hydrogen-bond donors (Lipinski definition) is 0. The van der Waals surface area contributed by atoms with Gasteiger partial charge in [-0.1, -0.05) is 20.3 Å². The monoisotopic (exact) mass is 341 g/mol. The van der Waals surface area contributed by atoms with Crippen molar-refractivity contribution in [1.82, 2.24) is 3.11 Å². The van der Waals surface area contributed by atoms with Gasteiger partial charge in [0.05, 0.1) is 28.1 Å². The van der Waals surface area contributed by atoms with Crippen LogP contribution in [-0.4, -0.2) is 40.1 Å². The van der Waals surface area contributed by atoms with Crippen molar-refractivity contribution in [2.24, 2.45) is 0 Å². The van der Waals surface area contributed by atoms with Crippen LogP contribution < -0.4 is 0 Å². The highest BCUT2D eigenvalue weighted by molar-refractivity contribution is 14.1. The number of imide groups is 1. The maximum absolute atomic E-state index is 11.6. The lowest BCUT2D eigenvalue weighted by Gasteiger charge is -2.24. The Morgan fingerprint density at radius 2 is 2.29 bits per heavy atom. The molecule has 0 aromatic rings. The van der Waals surface area contributed by atoms with E-state index in [1.54, 1.807) is 34.6 Å². The van der Waals surface area contributed by atoms with Gasteiger partial charge >= 0.3 is 0 Å². The Balaban J connectivity index is 2.64. The van der Waals surface area contributed by atoms with Gasteiger partial charge in [-0.15, -0.1) is 0 Å². The van der Waals surface area contributed by atoms with E-state index in [0.717, 1.165) is 22.7 Å². The maximum atomic E-state index is 11.6. The summed E-state index contributed by atoms with van der Waals surface area (Å²) in [5.41, 5.74) is 0. The van der Waals surface area contributed by atoms with Crippen LogP contribution in [0.5, 0.6) is 0 Å². The number of amides is 2. The second-order valence-electron chi connectivity index (χ2n) is 3.94. The highest BCUT2D eigenvalue weighted by Crippen LogP contribution is 2.36. The van der Waals surface area contributed by atoms with Gasteiger partial charge in [0.1, 0.15) is 0 Å². The highest BCUT2D eigenvalue weighted by Gasteiger charge is 2.40. The number of thioether (sulfide) groups is 1.